The van der Waals surface area contributed by atoms with E-state index in [-0.39, 0.29) is 16.3 Å². The number of rotatable bonds is 6. The van der Waals surface area contributed by atoms with E-state index in [0.29, 0.717) is 33.4 Å². The predicted octanol–water partition coefficient (Wildman–Crippen LogP) is 4.52. The van der Waals surface area contributed by atoms with Crippen molar-refractivity contribution in [3.63, 3.8) is 0 Å². The van der Waals surface area contributed by atoms with E-state index in [4.69, 9.17) is 16.0 Å². The van der Waals surface area contributed by atoms with Crippen molar-refractivity contribution in [3.8, 4) is 11.3 Å². The predicted molar refractivity (Wildman–Crippen MR) is 137 cm³/mol. The zero-order valence-electron chi connectivity index (χ0n) is 19.9. The van der Waals surface area contributed by atoms with Gasteiger partial charge in [-0.2, -0.15) is 8.42 Å². The van der Waals surface area contributed by atoms with Crippen LogP contribution < -0.4 is 15.5 Å². The zero-order chi connectivity index (χ0) is 26.2. The van der Waals surface area contributed by atoms with Crippen molar-refractivity contribution >= 4 is 44.2 Å². The third kappa shape index (κ3) is 4.95. The van der Waals surface area contributed by atoms with Crippen molar-refractivity contribution in [1.82, 2.24) is 14.7 Å². The summed E-state index contributed by atoms with van der Waals surface area (Å²) in [5.74, 6) is -0.361. The molecule has 4 aromatic rings. The first kappa shape index (κ1) is 25.3. The molecule has 9 nitrogen and oxygen atoms in total. The van der Waals surface area contributed by atoms with Crippen LogP contribution in [-0.4, -0.2) is 24.3 Å². The number of benzene rings is 1. The van der Waals surface area contributed by atoms with Crippen LogP contribution in [-0.2, 0) is 14.8 Å². The van der Waals surface area contributed by atoms with E-state index in [1.54, 1.807) is 44.4 Å². The molecule has 0 unspecified atom stereocenters. The molecule has 4 rings (SSSR count). The molecule has 2 N–H and O–H groups in total. The van der Waals surface area contributed by atoms with Gasteiger partial charge in [-0.25, -0.2) is 9.71 Å². The van der Waals surface area contributed by atoms with Crippen molar-refractivity contribution < 1.29 is 17.6 Å². The van der Waals surface area contributed by atoms with Gasteiger partial charge in [0.15, 0.2) is 5.43 Å². The molecule has 0 spiro atoms. The van der Waals surface area contributed by atoms with Gasteiger partial charge in [-0.05, 0) is 56.7 Å². The lowest BCUT2D eigenvalue weighted by Gasteiger charge is -2.20. The number of anilines is 1. The molecule has 0 saturated heterocycles. The summed E-state index contributed by atoms with van der Waals surface area (Å²) in [4.78, 5) is 32.8. The average Bonchev–Trinajstić information content (AvgIpc) is 2.82. The minimum Gasteiger partial charge on any atom is -0.455 e. The molecule has 0 saturated carbocycles. The number of nitrogens with one attached hydrogen (secondary N) is 2. The van der Waals surface area contributed by atoms with Crippen molar-refractivity contribution in [1.29, 1.82) is 0 Å². The van der Waals surface area contributed by atoms with E-state index in [2.05, 4.69) is 15.3 Å². The fourth-order valence-electron chi connectivity index (χ4n) is 3.94. The fraction of sp³-hybridized carbons (Fsp3) is 0.200. The Morgan fingerprint density at radius 1 is 1.17 bits per heavy atom. The summed E-state index contributed by atoms with van der Waals surface area (Å²) < 4.78 is 33.6. The number of pyridine rings is 2. The maximum Gasteiger partial charge on any atom is 0.283 e. The van der Waals surface area contributed by atoms with Crippen LogP contribution in [0.25, 0.3) is 22.3 Å². The highest BCUT2D eigenvalue weighted by Crippen LogP contribution is 2.33. The van der Waals surface area contributed by atoms with E-state index in [9.17, 15) is 18.0 Å². The average molecular weight is 527 g/mol. The fourth-order valence-corrected chi connectivity index (χ4v) is 5.25. The minimum absolute atomic E-state index is 0.0549. The lowest BCUT2D eigenvalue weighted by Crippen LogP contribution is -2.29. The minimum atomic E-state index is -4.28. The molecule has 0 aliphatic heterocycles. The number of carbonyl (C=O) groups is 1. The topological polar surface area (TPSA) is 131 Å². The number of fused-ring (bicyclic) bond motifs is 1. The van der Waals surface area contributed by atoms with Gasteiger partial charge in [0.2, 0.25) is 10.9 Å². The van der Waals surface area contributed by atoms with Crippen molar-refractivity contribution in [2.45, 2.75) is 38.8 Å². The van der Waals surface area contributed by atoms with Crippen LogP contribution in [0, 0.1) is 13.8 Å². The van der Waals surface area contributed by atoms with Crippen LogP contribution in [0.15, 0.2) is 63.0 Å². The molecule has 0 aliphatic rings. The molecular weight excluding hydrogens is 504 g/mol. The van der Waals surface area contributed by atoms with Crippen LogP contribution in [0.3, 0.4) is 0 Å². The quantitative estimate of drug-likeness (QED) is 0.350. The van der Waals surface area contributed by atoms with Crippen LogP contribution in [0.2, 0.25) is 5.15 Å². The summed E-state index contributed by atoms with van der Waals surface area (Å²) in [6.45, 7) is 6.44. The zero-order valence-corrected chi connectivity index (χ0v) is 21.5. The molecular formula is C25H23ClN4O5S. The Balaban J connectivity index is 1.87. The largest absolute Gasteiger partial charge is 0.455 e. The number of halogens is 1. The molecule has 3 aromatic heterocycles. The van der Waals surface area contributed by atoms with Crippen molar-refractivity contribution in [3.05, 3.63) is 80.9 Å². The van der Waals surface area contributed by atoms with Gasteiger partial charge in [-0.3, -0.25) is 14.6 Å². The third-order valence-electron chi connectivity index (χ3n) is 5.51. The van der Waals surface area contributed by atoms with Gasteiger partial charge in [0, 0.05) is 36.0 Å². The Kier molecular flexibility index (Phi) is 6.83. The third-order valence-corrected chi connectivity index (χ3v) is 7.10. The molecule has 36 heavy (non-hydrogen) atoms. The Hall–Kier alpha value is -3.76. The van der Waals surface area contributed by atoms with Gasteiger partial charge in [-0.15, -0.1) is 0 Å². The molecule has 11 heteroatoms. The first-order valence-electron chi connectivity index (χ1n) is 10.9. The number of hydrogen-bond acceptors (Lipinski definition) is 8. The number of aryl methyl sites for hydroxylation is 1. The van der Waals surface area contributed by atoms with Crippen molar-refractivity contribution in [2.75, 3.05) is 5.32 Å². The van der Waals surface area contributed by atoms with Gasteiger partial charge in [0.25, 0.3) is 10.0 Å². The summed E-state index contributed by atoms with van der Waals surface area (Å²) in [6, 6.07) is 9.53. The number of nitrogens with zero attached hydrogens (tertiary/aromatic N) is 2. The summed E-state index contributed by atoms with van der Waals surface area (Å²) >= 11 is 5.95. The Labute approximate surface area is 212 Å². The van der Waals surface area contributed by atoms with E-state index < -0.39 is 27.0 Å². The maximum absolute atomic E-state index is 13.3. The summed E-state index contributed by atoms with van der Waals surface area (Å²) in [5, 5.41) is 3.04. The van der Waals surface area contributed by atoms with Gasteiger partial charge >= 0.3 is 0 Å². The number of aromatic nitrogens is 2. The number of amides is 1. The highest BCUT2D eigenvalue weighted by atomic mass is 35.5. The molecule has 1 aromatic carbocycles. The Morgan fingerprint density at radius 2 is 1.92 bits per heavy atom. The maximum atomic E-state index is 13.3. The summed E-state index contributed by atoms with van der Waals surface area (Å²) in [5.41, 5.74) is 2.89. The molecule has 0 bridgehead atoms. The first-order chi connectivity index (χ1) is 17.0. The van der Waals surface area contributed by atoms with E-state index in [1.807, 2.05) is 17.7 Å². The van der Waals surface area contributed by atoms with E-state index >= 15 is 0 Å². The second-order valence-electron chi connectivity index (χ2n) is 8.37. The molecule has 3 heterocycles. The first-order valence-corrected chi connectivity index (χ1v) is 12.8. The normalized spacial score (nSPS) is 12.4. The van der Waals surface area contributed by atoms with Crippen LogP contribution in [0.1, 0.15) is 36.6 Å². The highest BCUT2D eigenvalue weighted by Gasteiger charge is 2.25. The standard InChI is InChI=1S/C25H23ClN4O5S/c1-13-10-18(15(3)28-20-7-8-21(26)29-25(20)36(33,34)30-16(4)31)24-19(11-13)22(32)14(2)23(35-24)17-6-5-9-27-12-17/h5-12,15,28H,1-4H3,(H,30,31)/t15-/m1/s1. The number of sulfonamides is 1. The number of carbonyl (C=O) groups excluding carboxylic acids is 1. The van der Waals surface area contributed by atoms with E-state index in [0.717, 1.165) is 12.5 Å². The molecule has 0 radical (unpaired) electrons. The Bertz CT molecular complexity index is 1650. The van der Waals surface area contributed by atoms with Gasteiger partial charge in [0.1, 0.15) is 16.5 Å². The van der Waals surface area contributed by atoms with Gasteiger partial charge < -0.3 is 9.73 Å². The number of hydrogen-bond donors (Lipinski definition) is 2. The molecule has 0 aliphatic carbocycles. The molecule has 0 fully saturated rings. The lowest BCUT2D eigenvalue weighted by atomic mass is 9.99. The lowest BCUT2D eigenvalue weighted by molar-refractivity contribution is -0.117. The molecule has 1 amide bonds. The van der Waals surface area contributed by atoms with Gasteiger partial charge in [-0.1, -0.05) is 17.7 Å². The second-order valence-corrected chi connectivity index (χ2v) is 10.4. The van der Waals surface area contributed by atoms with Crippen molar-refractivity contribution in [2.24, 2.45) is 0 Å². The Morgan fingerprint density at radius 3 is 2.58 bits per heavy atom. The monoisotopic (exact) mass is 526 g/mol. The molecule has 1 atom stereocenters. The van der Waals surface area contributed by atoms with Gasteiger partial charge in [0.05, 0.1) is 17.1 Å². The van der Waals surface area contributed by atoms with Crippen LogP contribution in [0.5, 0.6) is 0 Å². The van der Waals surface area contributed by atoms with E-state index in [1.165, 1.54) is 12.1 Å². The molecule has 186 valence electrons. The summed E-state index contributed by atoms with van der Waals surface area (Å²) in [7, 11) is -4.28. The summed E-state index contributed by atoms with van der Waals surface area (Å²) in [6.07, 6.45) is 3.25. The van der Waals surface area contributed by atoms with Crippen LogP contribution >= 0.6 is 11.6 Å². The van der Waals surface area contributed by atoms with Crippen LogP contribution in [0.4, 0.5) is 5.69 Å². The smallest absolute Gasteiger partial charge is 0.283 e. The second kappa shape index (κ2) is 9.71. The highest BCUT2D eigenvalue weighted by molar-refractivity contribution is 7.90. The SMILES string of the molecule is CC(=O)NS(=O)(=O)c1nc(Cl)ccc1N[C@H](C)c1cc(C)cc2c(=O)c(C)c(-c3cccnc3)oc12.